The monoisotopic (exact) mass is 266 g/mol. The van der Waals surface area contributed by atoms with E-state index in [4.69, 9.17) is 15.2 Å². The molecule has 5 nitrogen and oxygen atoms in total. The molecule has 2 N–H and O–H groups in total. The summed E-state index contributed by atoms with van der Waals surface area (Å²) in [5.74, 6) is -0.344. The number of hydrogen-bond acceptors (Lipinski definition) is 5. The summed E-state index contributed by atoms with van der Waals surface area (Å²) in [6.07, 6.45) is -0.0549. The quantitative estimate of drug-likeness (QED) is 0.753. The summed E-state index contributed by atoms with van der Waals surface area (Å²) in [5.41, 5.74) is 7.02. The molecule has 0 bridgehead atoms. The Morgan fingerprint density at radius 2 is 2.11 bits per heavy atom. The van der Waals surface area contributed by atoms with E-state index < -0.39 is 0 Å². The highest BCUT2D eigenvalue weighted by Crippen LogP contribution is 2.20. The Morgan fingerprint density at radius 3 is 2.68 bits per heavy atom. The SMILES string of the molecule is CCOC(CN)CN(C)c1ccccc1C(=O)OC. The van der Waals surface area contributed by atoms with E-state index in [0.29, 0.717) is 25.3 Å². The highest BCUT2D eigenvalue weighted by atomic mass is 16.5. The van der Waals surface area contributed by atoms with E-state index in [1.807, 2.05) is 37.1 Å². The van der Waals surface area contributed by atoms with Crippen molar-refractivity contribution in [1.29, 1.82) is 0 Å². The molecule has 1 aromatic carbocycles. The van der Waals surface area contributed by atoms with Crippen LogP contribution in [0.25, 0.3) is 0 Å². The van der Waals surface area contributed by atoms with Gasteiger partial charge in [-0.25, -0.2) is 4.79 Å². The molecule has 0 saturated heterocycles. The lowest BCUT2D eigenvalue weighted by Crippen LogP contribution is -2.37. The van der Waals surface area contributed by atoms with Crippen LogP contribution in [0.4, 0.5) is 5.69 Å². The van der Waals surface area contributed by atoms with E-state index in [2.05, 4.69) is 0 Å². The lowest BCUT2D eigenvalue weighted by atomic mass is 10.1. The third kappa shape index (κ3) is 4.22. The van der Waals surface area contributed by atoms with Gasteiger partial charge in [0, 0.05) is 26.7 Å². The fourth-order valence-electron chi connectivity index (χ4n) is 1.92. The standard InChI is InChI=1S/C14H22N2O3/c1-4-19-11(9-15)10-16(2)13-8-6-5-7-12(13)14(17)18-3/h5-8,11H,4,9-10,15H2,1-3H3. The van der Waals surface area contributed by atoms with E-state index in [1.165, 1.54) is 7.11 Å². The maximum absolute atomic E-state index is 11.7. The second-order valence-electron chi connectivity index (χ2n) is 4.20. The molecule has 0 fully saturated rings. The minimum Gasteiger partial charge on any atom is -0.465 e. The van der Waals surface area contributed by atoms with Crippen LogP contribution in [-0.4, -0.2) is 45.9 Å². The predicted octanol–water partition coefficient (Wildman–Crippen LogP) is 1.27. The van der Waals surface area contributed by atoms with Gasteiger partial charge < -0.3 is 20.1 Å². The summed E-state index contributed by atoms with van der Waals surface area (Å²) in [5, 5.41) is 0. The van der Waals surface area contributed by atoms with Crippen LogP contribution in [0, 0.1) is 0 Å². The smallest absolute Gasteiger partial charge is 0.339 e. The highest BCUT2D eigenvalue weighted by Gasteiger charge is 2.16. The molecule has 0 aromatic heterocycles. The molecular weight excluding hydrogens is 244 g/mol. The van der Waals surface area contributed by atoms with E-state index in [-0.39, 0.29) is 12.1 Å². The zero-order chi connectivity index (χ0) is 14.3. The second kappa shape index (κ2) is 7.76. The number of para-hydroxylation sites is 1. The summed E-state index contributed by atoms with van der Waals surface area (Å²) in [6, 6.07) is 7.32. The molecule has 106 valence electrons. The van der Waals surface area contributed by atoms with Crippen LogP contribution >= 0.6 is 0 Å². The Hall–Kier alpha value is -1.59. The first kappa shape index (κ1) is 15.5. The van der Waals surface area contributed by atoms with E-state index >= 15 is 0 Å². The summed E-state index contributed by atoms with van der Waals surface area (Å²) in [7, 11) is 3.28. The molecule has 1 aromatic rings. The van der Waals surface area contributed by atoms with E-state index in [0.717, 1.165) is 5.69 Å². The normalized spacial score (nSPS) is 12.0. The fraction of sp³-hybridized carbons (Fsp3) is 0.500. The van der Waals surface area contributed by atoms with Gasteiger partial charge in [-0.3, -0.25) is 0 Å². The van der Waals surface area contributed by atoms with Crippen LogP contribution in [0.2, 0.25) is 0 Å². The number of carbonyl (C=O) groups excluding carboxylic acids is 1. The van der Waals surface area contributed by atoms with Crippen molar-refractivity contribution in [3.63, 3.8) is 0 Å². The number of nitrogens with two attached hydrogens (primary N) is 1. The van der Waals surface area contributed by atoms with Gasteiger partial charge in [0.05, 0.1) is 24.5 Å². The molecule has 0 amide bonds. The molecule has 0 heterocycles. The fourth-order valence-corrected chi connectivity index (χ4v) is 1.92. The van der Waals surface area contributed by atoms with E-state index in [1.54, 1.807) is 6.07 Å². The molecule has 5 heteroatoms. The summed E-state index contributed by atoms with van der Waals surface area (Å²) >= 11 is 0. The maximum Gasteiger partial charge on any atom is 0.339 e. The van der Waals surface area contributed by atoms with Crippen LogP contribution < -0.4 is 10.6 Å². The zero-order valence-electron chi connectivity index (χ0n) is 11.8. The average molecular weight is 266 g/mol. The van der Waals surface area contributed by atoms with Gasteiger partial charge in [-0.2, -0.15) is 0 Å². The number of ether oxygens (including phenoxy) is 2. The minimum atomic E-state index is -0.344. The molecule has 19 heavy (non-hydrogen) atoms. The molecular formula is C14H22N2O3. The molecule has 0 aliphatic heterocycles. The number of nitrogens with zero attached hydrogens (tertiary/aromatic N) is 1. The number of likely N-dealkylation sites (N-methyl/N-ethyl adjacent to an activating group) is 1. The first-order chi connectivity index (χ1) is 9.13. The average Bonchev–Trinajstić information content (AvgIpc) is 2.45. The summed E-state index contributed by atoms with van der Waals surface area (Å²) in [4.78, 5) is 13.7. The van der Waals surface area contributed by atoms with Crippen molar-refractivity contribution < 1.29 is 14.3 Å². The van der Waals surface area contributed by atoms with Crippen LogP contribution in [0.1, 0.15) is 17.3 Å². The second-order valence-corrected chi connectivity index (χ2v) is 4.20. The molecule has 0 aliphatic rings. The lowest BCUT2D eigenvalue weighted by molar-refractivity contribution is 0.0599. The Labute approximate surface area is 114 Å². The molecule has 0 saturated carbocycles. The first-order valence-electron chi connectivity index (χ1n) is 6.34. The number of esters is 1. The predicted molar refractivity (Wildman–Crippen MR) is 75.5 cm³/mol. The number of rotatable bonds is 7. The molecule has 0 spiro atoms. The first-order valence-corrected chi connectivity index (χ1v) is 6.34. The van der Waals surface area contributed by atoms with Gasteiger partial charge in [-0.05, 0) is 19.1 Å². The van der Waals surface area contributed by atoms with Gasteiger partial charge in [0.1, 0.15) is 0 Å². The largest absolute Gasteiger partial charge is 0.465 e. The number of benzene rings is 1. The Morgan fingerprint density at radius 1 is 1.42 bits per heavy atom. The number of methoxy groups -OCH3 is 1. The third-order valence-electron chi connectivity index (χ3n) is 2.86. The summed E-state index contributed by atoms with van der Waals surface area (Å²) < 4.78 is 10.3. The molecule has 0 radical (unpaired) electrons. The van der Waals surface area contributed by atoms with Crippen molar-refractivity contribution in [2.45, 2.75) is 13.0 Å². The number of carbonyl (C=O) groups is 1. The number of anilines is 1. The van der Waals surface area contributed by atoms with Crippen molar-refractivity contribution in [3.8, 4) is 0 Å². The van der Waals surface area contributed by atoms with Crippen molar-refractivity contribution in [1.82, 2.24) is 0 Å². The topological polar surface area (TPSA) is 64.8 Å². The Kier molecular flexibility index (Phi) is 6.32. The van der Waals surface area contributed by atoms with Gasteiger partial charge >= 0.3 is 5.97 Å². The molecule has 1 unspecified atom stereocenters. The highest BCUT2D eigenvalue weighted by molar-refractivity contribution is 5.95. The van der Waals surface area contributed by atoms with Crippen LogP contribution in [0.15, 0.2) is 24.3 Å². The van der Waals surface area contributed by atoms with Gasteiger partial charge in [0.2, 0.25) is 0 Å². The van der Waals surface area contributed by atoms with Crippen molar-refractivity contribution in [2.24, 2.45) is 5.73 Å². The third-order valence-corrected chi connectivity index (χ3v) is 2.86. The molecule has 1 atom stereocenters. The Bertz CT molecular complexity index is 409. The lowest BCUT2D eigenvalue weighted by Gasteiger charge is -2.26. The maximum atomic E-state index is 11.7. The van der Waals surface area contributed by atoms with Crippen molar-refractivity contribution in [3.05, 3.63) is 29.8 Å². The van der Waals surface area contributed by atoms with Crippen LogP contribution in [0.3, 0.4) is 0 Å². The molecule has 0 aliphatic carbocycles. The Balaban J connectivity index is 2.86. The van der Waals surface area contributed by atoms with Gasteiger partial charge in [0.15, 0.2) is 0 Å². The van der Waals surface area contributed by atoms with E-state index in [9.17, 15) is 4.79 Å². The molecule has 1 rings (SSSR count). The van der Waals surface area contributed by atoms with Crippen molar-refractivity contribution in [2.75, 3.05) is 38.8 Å². The van der Waals surface area contributed by atoms with Crippen LogP contribution in [0.5, 0.6) is 0 Å². The minimum absolute atomic E-state index is 0.0549. The van der Waals surface area contributed by atoms with Gasteiger partial charge in [0.25, 0.3) is 0 Å². The van der Waals surface area contributed by atoms with Gasteiger partial charge in [-0.1, -0.05) is 12.1 Å². The zero-order valence-corrected chi connectivity index (χ0v) is 11.8. The van der Waals surface area contributed by atoms with Crippen molar-refractivity contribution >= 4 is 11.7 Å². The van der Waals surface area contributed by atoms with Gasteiger partial charge in [-0.15, -0.1) is 0 Å². The van der Waals surface area contributed by atoms with Crippen LogP contribution in [-0.2, 0) is 9.47 Å². The summed E-state index contributed by atoms with van der Waals surface area (Å²) in [6.45, 7) is 3.62. The number of hydrogen-bond donors (Lipinski definition) is 1.